The number of hydrogen-bond acceptors (Lipinski definition) is 4. The Hall–Kier alpha value is -2.90. The minimum absolute atomic E-state index is 0.106. The van der Waals surface area contributed by atoms with E-state index in [1.807, 2.05) is 89.5 Å². The van der Waals surface area contributed by atoms with Gasteiger partial charge in [0, 0.05) is 15.7 Å². The number of para-hydroxylation sites is 2. The summed E-state index contributed by atoms with van der Waals surface area (Å²) in [5.41, 5.74) is 2.66. The first-order valence-electron chi connectivity index (χ1n) is 8.96. The summed E-state index contributed by atoms with van der Waals surface area (Å²) in [6, 6.07) is 27.3. The van der Waals surface area contributed by atoms with Gasteiger partial charge < -0.3 is 5.32 Å². The molecule has 29 heavy (non-hydrogen) atoms. The number of benzene rings is 3. The van der Waals surface area contributed by atoms with Crippen molar-refractivity contribution in [3.05, 3.63) is 89.4 Å². The number of amides is 1. The molecule has 4 aromatic rings. The molecule has 0 unspecified atom stereocenters. The van der Waals surface area contributed by atoms with E-state index in [1.54, 1.807) is 0 Å². The van der Waals surface area contributed by atoms with Crippen molar-refractivity contribution in [3.8, 4) is 17.1 Å². The second kappa shape index (κ2) is 9.07. The number of carbonyl (C=O) groups is 1. The summed E-state index contributed by atoms with van der Waals surface area (Å²) >= 11 is 4.80. The number of anilines is 1. The first kappa shape index (κ1) is 19.4. The van der Waals surface area contributed by atoms with Crippen molar-refractivity contribution in [1.82, 2.24) is 14.8 Å². The molecule has 5 nitrogen and oxygen atoms in total. The fourth-order valence-corrected chi connectivity index (χ4v) is 3.96. The Kier molecular flexibility index (Phi) is 6.07. The molecule has 144 valence electrons. The van der Waals surface area contributed by atoms with E-state index in [1.165, 1.54) is 11.8 Å². The summed E-state index contributed by atoms with van der Waals surface area (Å²) in [5, 5.41) is 12.3. The zero-order chi connectivity index (χ0) is 20.1. The van der Waals surface area contributed by atoms with Gasteiger partial charge in [0.15, 0.2) is 11.0 Å². The highest BCUT2D eigenvalue weighted by Crippen LogP contribution is 2.28. The Bertz CT molecular complexity index is 1120. The highest BCUT2D eigenvalue weighted by atomic mass is 79.9. The van der Waals surface area contributed by atoms with E-state index in [4.69, 9.17) is 0 Å². The van der Waals surface area contributed by atoms with Gasteiger partial charge in [0.2, 0.25) is 5.91 Å². The number of hydrogen-bond donors (Lipinski definition) is 1. The minimum atomic E-state index is -0.106. The van der Waals surface area contributed by atoms with E-state index in [0.717, 1.165) is 27.2 Å². The zero-order valence-corrected chi connectivity index (χ0v) is 17.7. The van der Waals surface area contributed by atoms with Crippen LogP contribution in [0, 0.1) is 0 Å². The molecule has 0 radical (unpaired) electrons. The Morgan fingerprint density at radius 2 is 1.55 bits per heavy atom. The lowest BCUT2D eigenvalue weighted by Crippen LogP contribution is -2.15. The molecule has 0 aliphatic rings. The highest BCUT2D eigenvalue weighted by Gasteiger charge is 2.17. The van der Waals surface area contributed by atoms with Gasteiger partial charge in [0.05, 0.1) is 11.4 Å². The van der Waals surface area contributed by atoms with Gasteiger partial charge in [0.25, 0.3) is 0 Å². The molecular formula is C22H17BrN4OS. The Labute approximate surface area is 181 Å². The second-order valence-corrected chi connectivity index (χ2v) is 7.96. The van der Waals surface area contributed by atoms with Crippen LogP contribution in [0.3, 0.4) is 0 Å². The van der Waals surface area contributed by atoms with E-state index in [2.05, 4.69) is 31.4 Å². The molecule has 3 aromatic carbocycles. The molecule has 1 aromatic heterocycles. The first-order chi connectivity index (χ1) is 14.2. The normalized spacial score (nSPS) is 10.7. The zero-order valence-electron chi connectivity index (χ0n) is 15.3. The fourth-order valence-electron chi connectivity index (χ4n) is 2.83. The van der Waals surface area contributed by atoms with Crippen LogP contribution in [0.2, 0.25) is 0 Å². The van der Waals surface area contributed by atoms with Crippen LogP contribution >= 0.6 is 27.7 Å². The number of halogens is 1. The number of aromatic nitrogens is 3. The number of rotatable bonds is 6. The summed E-state index contributed by atoms with van der Waals surface area (Å²) < 4.78 is 2.82. The predicted octanol–water partition coefficient (Wildman–Crippen LogP) is 5.43. The lowest BCUT2D eigenvalue weighted by molar-refractivity contribution is -0.113. The maximum atomic E-state index is 12.5. The van der Waals surface area contributed by atoms with Crippen LogP contribution < -0.4 is 5.32 Å². The van der Waals surface area contributed by atoms with Gasteiger partial charge in [0.1, 0.15) is 0 Å². The maximum Gasteiger partial charge on any atom is 0.234 e. The summed E-state index contributed by atoms with van der Waals surface area (Å²) in [7, 11) is 0. The van der Waals surface area contributed by atoms with E-state index >= 15 is 0 Å². The van der Waals surface area contributed by atoms with Gasteiger partial charge in [-0.05, 0) is 40.2 Å². The highest BCUT2D eigenvalue weighted by molar-refractivity contribution is 9.10. The number of nitrogens with zero attached hydrogens (tertiary/aromatic N) is 3. The molecule has 7 heteroatoms. The molecule has 1 heterocycles. The molecule has 1 amide bonds. The topological polar surface area (TPSA) is 59.8 Å². The van der Waals surface area contributed by atoms with Crippen LogP contribution in [-0.4, -0.2) is 26.4 Å². The average Bonchev–Trinajstić information content (AvgIpc) is 3.19. The van der Waals surface area contributed by atoms with Gasteiger partial charge in [-0.15, -0.1) is 10.2 Å². The molecule has 0 bridgehead atoms. The van der Waals surface area contributed by atoms with Crippen molar-refractivity contribution in [1.29, 1.82) is 0 Å². The van der Waals surface area contributed by atoms with Crippen molar-refractivity contribution in [2.45, 2.75) is 5.16 Å². The molecule has 0 atom stereocenters. The van der Waals surface area contributed by atoms with Crippen molar-refractivity contribution in [2.24, 2.45) is 0 Å². The third-order valence-electron chi connectivity index (χ3n) is 4.16. The smallest absolute Gasteiger partial charge is 0.234 e. The van der Waals surface area contributed by atoms with Crippen LogP contribution in [0.15, 0.2) is 94.6 Å². The largest absolute Gasteiger partial charge is 0.324 e. The Balaban J connectivity index is 1.58. The van der Waals surface area contributed by atoms with Crippen LogP contribution in [0.5, 0.6) is 0 Å². The van der Waals surface area contributed by atoms with Crippen molar-refractivity contribution >= 4 is 39.3 Å². The number of thioether (sulfide) groups is 1. The maximum absolute atomic E-state index is 12.5. The summed E-state index contributed by atoms with van der Waals surface area (Å²) in [4.78, 5) is 12.5. The number of nitrogens with one attached hydrogen (secondary N) is 1. The van der Waals surface area contributed by atoms with Crippen molar-refractivity contribution in [3.63, 3.8) is 0 Å². The quantitative estimate of drug-likeness (QED) is 0.386. The Morgan fingerprint density at radius 1 is 0.897 bits per heavy atom. The van der Waals surface area contributed by atoms with Gasteiger partial charge in [-0.1, -0.05) is 72.4 Å². The summed E-state index contributed by atoms with van der Waals surface area (Å²) in [6.45, 7) is 0. The van der Waals surface area contributed by atoms with Gasteiger partial charge in [-0.3, -0.25) is 9.36 Å². The van der Waals surface area contributed by atoms with E-state index in [-0.39, 0.29) is 11.7 Å². The van der Waals surface area contributed by atoms with Crippen LogP contribution in [-0.2, 0) is 4.79 Å². The first-order valence-corrected chi connectivity index (χ1v) is 10.7. The minimum Gasteiger partial charge on any atom is -0.324 e. The summed E-state index contributed by atoms with van der Waals surface area (Å²) in [6.07, 6.45) is 0. The van der Waals surface area contributed by atoms with Gasteiger partial charge in [-0.25, -0.2) is 0 Å². The molecule has 0 fully saturated rings. The van der Waals surface area contributed by atoms with Crippen LogP contribution in [0.1, 0.15) is 0 Å². The van der Waals surface area contributed by atoms with Crippen molar-refractivity contribution < 1.29 is 4.79 Å². The van der Waals surface area contributed by atoms with E-state index in [9.17, 15) is 4.79 Å². The lowest BCUT2D eigenvalue weighted by Gasteiger charge is -2.10. The third kappa shape index (κ3) is 4.58. The molecular weight excluding hydrogens is 448 g/mol. The average molecular weight is 465 g/mol. The monoisotopic (exact) mass is 464 g/mol. The van der Waals surface area contributed by atoms with Crippen LogP contribution in [0.4, 0.5) is 5.69 Å². The summed E-state index contributed by atoms with van der Waals surface area (Å²) in [5.74, 6) is 0.859. The molecule has 0 spiro atoms. The molecule has 0 saturated carbocycles. The fraction of sp³-hybridized carbons (Fsp3) is 0.0455. The van der Waals surface area contributed by atoms with Gasteiger partial charge >= 0.3 is 0 Å². The van der Waals surface area contributed by atoms with Gasteiger partial charge in [-0.2, -0.15) is 0 Å². The number of carbonyl (C=O) groups excluding carboxylic acids is 1. The molecule has 4 rings (SSSR count). The SMILES string of the molecule is O=C(CSc1nnc(-c2ccccc2)n1-c1ccccc1)Nc1ccccc1Br. The molecule has 0 aliphatic heterocycles. The Morgan fingerprint density at radius 3 is 2.28 bits per heavy atom. The lowest BCUT2D eigenvalue weighted by atomic mass is 10.2. The van der Waals surface area contributed by atoms with E-state index < -0.39 is 0 Å². The van der Waals surface area contributed by atoms with E-state index in [0.29, 0.717) is 5.16 Å². The third-order valence-corrected chi connectivity index (χ3v) is 5.78. The molecule has 0 aliphatic carbocycles. The molecule has 1 N–H and O–H groups in total. The second-order valence-electron chi connectivity index (χ2n) is 6.16. The van der Waals surface area contributed by atoms with Crippen molar-refractivity contribution in [2.75, 3.05) is 11.1 Å². The standard InChI is InChI=1S/C22H17BrN4OS/c23-18-13-7-8-14-19(18)24-20(28)15-29-22-26-25-21(16-9-3-1-4-10-16)27(22)17-11-5-2-6-12-17/h1-14H,15H2,(H,24,28). The predicted molar refractivity (Wildman–Crippen MR) is 120 cm³/mol. The van der Waals surface area contributed by atoms with Crippen LogP contribution in [0.25, 0.3) is 17.1 Å². The molecule has 0 saturated heterocycles.